The minimum Gasteiger partial charge on any atom is -0.481 e. The second kappa shape index (κ2) is 8.67. The molecule has 7 heteroatoms. The molecule has 1 aromatic heterocycles. The second-order valence-corrected chi connectivity index (χ2v) is 8.23. The second-order valence-electron chi connectivity index (χ2n) is 6.11. The van der Waals surface area contributed by atoms with Gasteiger partial charge in [0.25, 0.3) is 5.91 Å². The number of amides is 1. The minimum atomic E-state index is -0.441. The fraction of sp³-hybridized carbons (Fsp3) is 0.444. The summed E-state index contributed by atoms with van der Waals surface area (Å²) in [7, 11) is 0. The maximum Gasteiger partial charge on any atom is 0.260 e. The van der Waals surface area contributed by atoms with E-state index in [0.29, 0.717) is 5.92 Å². The van der Waals surface area contributed by atoms with E-state index in [1.807, 2.05) is 11.8 Å². The molecule has 0 radical (unpaired) electrons. The SMILES string of the molecule is Cc1csc(SCC2CCN(C(=O)COc3ccccc3F)CC2)n1. The number of halogens is 1. The number of aryl methyl sites for hydroxylation is 1. The van der Waals surface area contributed by atoms with Crippen LogP contribution in [0.3, 0.4) is 0 Å². The molecular formula is C18H21FN2O2S2. The van der Waals surface area contributed by atoms with Gasteiger partial charge in [0, 0.05) is 29.9 Å². The highest BCUT2D eigenvalue weighted by molar-refractivity contribution is 8.01. The molecule has 1 saturated heterocycles. The van der Waals surface area contributed by atoms with Crippen molar-refractivity contribution in [1.82, 2.24) is 9.88 Å². The Morgan fingerprint density at radius 3 is 2.84 bits per heavy atom. The molecule has 0 unspecified atom stereocenters. The Balaban J connectivity index is 1.39. The molecule has 2 aromatic rings. The molecule has 1 aliphatic rings. The van der Waals surface area contributed by atoms with Gasteiger partial charge in [-0.1, -0.05) is 23.9 Å². The number of aromatic nitrogens is 1. The Morgan fingerprint density at radius 1 is 1.40 bits per heavy atom. The summed E-state index contributed by atoms with van der Waals surface area (Å²) in [6.45, 7) is 3.37. The number of nitrogens with zero attached hydrogens (tertiary/aromatic N) is 2. The van der Waals surface area contributed by atoms with Gasteiger partial charge in [-0.3, -0.25) is 4.79 Å². The Hall–Kier alpha value is -1.60. The van der Waals surface area contributed by atoms with E-state index in [-0.39, 0.29) is 18.3 Å². The van der Waals surface area contributed by atoms with E-state index in [1.54, 1.807) is 35.2 Å². The third-order valence-electron chi connectivity index (χ3n) is 4.20. The van der Waals surface area contributed by atoms with Crippen LogP contribution < -0.4 is 4.74 Å². The first-order chi connectivity index (χ1) is 12.1. The van der Waals surface area contributed by atoms with Gasteiger partial charge in [0.1, 0.15) is 4.34 Å². The molecule has 1 amide bonds. The van der Waals surface area contributed by atoms with Gasteiger partial charge in [-0.15, -0.1) is 11.3 Å². The van der Waals surface area contributed by atoms with Crippen molar-refractivity contribution in [2.45, 2.75) is 24.1 Å². The van der Waals surface area contributed by atoms with E-state index in [2.05, 4.69) is 10.4 Å². The van der Waals surface area contributed by atoms with Crippen molar-refractivity contribution in [2.75, 3.05) is 25.4 Å². The predicted octanol–water partition coefficient (Wildman–Crippen LogP) is 4.00. The highest BCUT2D eigenvalue weighted by Crippen LogP contribution is 2.28. The summed E-state index contributed by atoms with van der Waals surface area (Å²) in [5.41, 5.74) is 1.07. The van der Waals surface area contributed by atoms with Crippen molar-refractivity contribution in [3.05, 3.63) is 41.2 Å². The number of rotatable bonds is 6. The zero-order chi connectivity index (χ0) is 17.6. The third-order valence-corrected chi connectivity index (χ3v) is 6.57. The van der Waals surface area contributed by atoms with Gasteiger partial charge in [-0.05, 0) is 37.8 Å². The minimum absolute atomic E-state index is 0.0788. The van der Waals surface area contributed by atoms with Gasteiger partial charge >= 0.3 is 0 Å². The number of thioether (sulfide) groups is 1. The number of benzene rings is 1. The first-order valence-corrected chi connectivity index (χ1v) is 10.2. The van der Waals surface area contributed by atoms with E-state index in [0.717, 1.165) is 41.7 Å². The lowest BCUT2D eigenvalue weighted by Gasteiger charge is -2.31. The van der Waals surface area contributed by atoms with E-state index < -0.39 is 5.82 Å². The van der Waals surface area contributed by atoms with Gasteiger partial charge in [0.05, 0.1) is 0 Å². The highest BCUT2D eigenvalue weighted by atomic mass is 32.2. The van der Waals surface area contributed by atoms with Gasteiger partial charge in [-0.2, -0.15) is 0 Å². The number of ether oxygens (including phenoxy) is 1. The molecule has 0 spiro atoms. The van der Waals surface area contributed by atoms with Crippen LogP contribution in [0.1, 0.15) is 18.5 Å². The molecule has 0 saturated carbocycles. The van der Waals surface area contributed by atoms with Crippen molar-refractivity contribution >= 4 is 29.0 Å². The first kappa shape index (κ1) is 18.2. The molecule has 0 bridgehead atoms. The van der Waals surface area contributed by atoms with E-state index in [9.17, 15) is 9.18 Å². The Morgan fingerprint density at radius 2 is 2.16 bits per heavy atom. The summed E-state index contributed by atoms with van der Waals surface area (Å²) in [5, 5.41) is 2.07. The number of thiazole rings is 1. The van der Waals surface area contributed by atoms with Crippen LogP contribution in [0.5, 0.6) is 5.75 Å². The fourth-order valence-corrected chi connectivity index (χ4v) is 4.79. The normalized spacial score (nSPS) is 15.4. The van der Waals surface area contributed by atoms with Crippen LogP contribution >= 0.6 is 23.1 Å². The van der Waals surface area contributed by atoms with Crippen molar-refractivity contribution in [3.63, 3.8) is 0 Å². The van der Waals surface area contributed by atoms with Crippen LogP contribution in [0.4, 0.5) is 4.39 Å². The summed E-state index contributed by atoms with van der Waals surface area (Å²) >= 11 is 3.49. The van der Waals surface area contributed by atoms with Crippen LogP contribution in [0.25, 0.3) is 0 Å². The molecule has 1 aromatic carbocycles. The van der Waals surface area contributed by atoms with E-state index >= 15 is 0 Å². The Kier molecular flexibility index (Phi) is 6.31. The van der Waals surface area contributed by atoms with Crippen LogP contribution in [0.2, 0.25) is 0 Å². The number of hydrogen-bond donors (Lipinski definition) is 0. The maximum absolute atomic E-state index is 13.5. The number of para-hydroxylation sites is 1. The van der Waals surface area contributed by atoms with E-state index in [4.69, 9.17) is 4.74 Å². The molecule has 0 N–H and O–H groups in total. The van der Waals surface area contributed by atoms with Crippen LogP contribution in [-0.2, 0) is 4.79 Å². The lowest BCUT2D eigenvalue weighted by Crippen LogP contribution is -2.41. The fourth-order valence-electron chi connectivity index (χ4n) is 2.73. The molecule has 4 nitrogen and oxygen atoms in total. The lowest BCUT2D eigenvalue weighted by atomic mass is 9.99. The average Bonchev–Trinajstić information content (AvgIpc) is 3.05. The Bertz CT molecular complexity index is 715. The number of likely N-dealkylation sites (tertiary alicyclic amines) is 1. The van der Waals surface area contributed by atoms with Crippen molar-refractivity contribution < 1.29 is 13.9 Å². The van der Waals surface area contributed by atoms with Crippen LogP contribution in [0, 0.1) is 18.7 Å². The largest absolute Gasteiger partial charge is 0.481 e. The van der Waals surface area contributed by atoms with Crippen LogP contribution in [-0.4, -0.2) is 41.2 Å². The first-order valence-electron chi connectivity index (χ1n) is 8.32. The average molecular weight is 381 g/mol. The summed E-state index contributed by atoms with van der Waals surface area (Å²) < 4.78 is 19.9. The number of carbonyl (C=O) groups excluding carboxylic acids is 1. The smallest absolute Gasteiger partial charge is 0.260 e. The summed E-state index contributed by atoms with van der Waals surface area (Å²) in [6, 6.07) is 6.15. The molecule has 3 rings (SSSR count). The zero-order valence-electron chi connectivity index (χ0n) is 14.1. The van der Waals surface area contributed by atoms with E-state index in [1.165, 1.54) is 12.1 Å². The molecule has 25 heavy (non-hydrogen) atoms. The lowest BCUT2D eigenvalue weighted by molar-refractivity contribution is -0.134. The quantitative estimate of drug-likeness (QED) is 0.711. The van der Waals surface area contributed by atoms with Gasteiger partial charge in [0.2, 0.25) is 0 Å². The summed E-state index contributed by atoms with van der Waals surface area (Å²) in [5.74, 6) is 1.25. The summed E-state index contributed by atoms with van der Waals surface area (Å²) in [4.78, 5) is 18.5. The maximum atomic E-state index is 13.5. The Labute approximate surface area is 155 Å². The predicted molar refractivity (Wildman–Crippen MR) is 98.8 cm³/mol. The van der Waals surface area contributed by atoms with Gasteiger partial charge in [0.15, 0.2) is 18.2 Å². The molecule has 0 aliphatic carbocycles. The third kappa shape index (κ3) is 5.19. The molecular weight excluding hydrogens is 359 g/mol. The number of carbonyl (C=O) groups is 1. The highest BCUT2D eigenvalue weighted by Gasteiger charge is 2.23. The standard InChI is InChI=1S/C18H21FN2O2S2/c1-13-11-24-18(20-13)25-12-14-6-8-21(9-7-14)17(22)10-23-16-5-3-2-4-15(16)19/h2-5,11,14H,6-10,12H2,1H3. The molecule has 2 heterocycles. The molecule has 134 valence electrons. The monoisotopic (exact) mass is 380 g/mol. The van der Waals surface area contributed by atoms with Crippen LogP contribution in [0.15, 0.2) is 34.0 Å². The van der Waals surface area contributed by atoms with Crippen molar-refractivity contribution in [2.24, 2.45) is 5.92 Å². The molecule has 1 fully saturated rings. The molecule has 1 aliphatic heterocycles. The van der Waals surface area contributed by atoms with Gasteiger partial charge < -0.3 is 9.64 Å². The number of hydrogen-bond acceptors (Lipinski definition) is 5. The number of piperidine rings is 1. The summed E-state index contributed by atoms with van der Waals surface area (Å²) in [6.07, 6.45) is 1.98. The topological polar surface area (TPSA) is 42.4 Å². The van der Waals surface area contributed by atoms with Gasteiger partial charge in [-0.25, -0.2) is 9.37 Å². The van der Waals surface area contributed by atoms with Crippen molar-refractivity contribution in [1.29, 1.82) is 0 Å². The molecule has 0 atom stereocenters. The zero-order valence-corrected chi connectivity index (χ0v) is 15.7. The van der Waals surface area contributed by atoms with Crippen molar-refractivity contribution in [3.8, 4) is 5.75 Å².